The summed E-state index contributed by atoms with van der Waals surface area (Å²) in [5.74, 6) is 0.116. The summed E-state index contributed by atoms with van der Waals surface area (Å²) in [4.78, 5) is 12.5. The average Bonchev–Trinajstić information content (AvgIpc) is 3.17. The lowest BCUT2D eigenvalue weighted by Crippen LogP contribution is -2.15. The maximum atomic E-state index is 12.5. The van der Waals surface area contributed by atoms with Crippen LogP contribution in [-0.4, -0.2) is 31.9 Å². The molecule has 1 heterocycles. The van der Waals surface area contributed by atoms with Crippen molar-refractivity contribution in [1.29, 1.82) is 0 Å². The maximum absolute atomic E-state index is 12.5. The summed E-state index contributed by atoms with van der Waals surface area (Å²) >= 11 is 1.31. The first kappa shape index (κ1) is 18.2. The Balaban J connectivity index is 1.47. The van der Waals surface area contributed by atoms with Crippen molar-refractivity contribution in [1.82, 2.24) is 20.2 Å². The molecular weight excluding hydrogens is 370 g/mol. The van der Waals surface area contributed by atoms with Crippen molar-refractivity contribution in [2.45, 2.75) is 19.0 Å². The van der Waals surface area contributed by atoms with Crippen LogP contribution in [0.4, 0.5) is 5.69 Å². The molecule has 0 aliphatic rings. The van der Waals surface area contributed by atoms with Gasteiger partial charge in [-0.15, -0.1) is 5.10 Å². The van der Waals surface area contributed by atoms with Gasteiger partial charge in [-0.25, -0.2) is 0 Å². The van der Waals surface area contributed by atoms with Gasteiger partial charge in [0, 0.05) is 11.1 Å². The van der Waals surface area contributed by atoms with Crippen LogP contribution in [-0.2, 0) is 4.79 Å². The molecule has 0 fully saturated rings. The van der Waals surface area contributed by atoms with Crippen LogP contribution in [0.1, 0.15) is 11.1 Å². The summed E-state index contributed by atoms with van der Waals surface area (Å²) < 4.78 is 1.66. The molecule has 0 atom stereocenters. The highest BCUT2D eigenvalue weighted by atomic mass is 32.2. The number of amides is 1. The van der Waals surface area contributed by atoms with Crippen LogP contribution in [0.2, 0.25) is 0 Å². The quantitative estimate of drug-likeness (QED) is 0.519. The molecule has 1 amide bonds. The van der Waals surface area contributed by atoms with Gasteiger partial charge in [-0.3, -0.25) is 4.79 Å². The Kier molecular flexibility index (Phi) is 5.08. The molecule has 4 rings (SSSR count). The van der Waals surface area contributed by atoms with Gasteiger partial charge < -0.3 is 5.32 Å². The van der Waals surface area contributed by atoms with E-state index in [1.54, 1.807) is 4.68 Å². The molecule has 0 saturated heterocycles. The number of nitrogens with zero attached hydrogens (tertiary/aromatic N) is 4. The first-order valence-corrected chi connectivity index (χ1v) is 9.87. The van der Waals surface area contributed by atoms with Gasteiger partial charge >= 0.3 is 0 Å². The lowest BCUT2D eigenvalue weighted by Gasteiger charge is -2.09. The Morgan fingerprint density at radius 3 is 2.71 bits per heavy atom. The molecule has 28 heavy (non-hydrogen) atoms. The Labute approximate surface area is 167 Å². The van der Waals surface area contributed by atoms with Gasteiger partial charge in [0.05, 0.1) is 11.4 Å². The third-order valence-electron chi connectivity index (χ3n) is 4.57. The second-order valence-corrected chi connectivity index (χ2v) is 7.45. The van der Waals surface area contributed by atoms with E-state index in [9.17, 15) is 4.79 Å². The van der Waals surface area contributed by atoms with Gasteiger partial charge in [0.15, 0.2) is 0 Å². The lowest BCUT2D eigenvalue weighted by molar-refractivity contribution is -0.113. The number of aryl methyl sites for hydroxylation is 2. The molecule has 0 radical (unpaired) electrons. The Bertz CT molecular complexity index is 1150. The molecular formula is C21H19N5OS. The van der Waals surface area contributed by atoms with Crippen LogP contribution in [0.15, 0.2) is 65.8 Å². The first-order valence-electron chi connectivity index (χ1n) is 8.88. The van der Waals surface area contributed by atoms with Crippen LogP contribution in [0.25, 0.3) is 16.5 Å². The van der Waals surface area contributed by atoms with Crippen molar-refractivity contribution in [3.05, 3.63) is 71.8 Å². The number of aromatic nitrogens is 4. The molecule has 0 aliphatic carbocycles. The van der Waals surface area contributed by atoms with Gasteiger partial charge in [0.1, 0.15) is 0 Å². The SMILES string of the molecule is Cc1ccc(-n2nnnc2SCC(=O)Nc2cccc3ccccc23)cc1C. The van der Waals surface area contributed by atoms with Crippen molar-refractivity contribution in [3.63, 3.8) is 0 Å². The third-order valence-corrected chi connectivity index (χ3v) is 5.49. The minimum atomic E-state index is -0.101. The second-order valence-electron chi connectivity index (χ2n) is 6.51. The van der Waals surface area contributed by atoms with Crippen molar-refractivity contribution < 1.29 is 4.79 Å². The maximum Gasteiger partial charge on any atom is 0.234 e. The minimum absolute atomic E-state index is 0.101. The van der Waals surface area contributed by atoms with E-state index in [0.29, 0.717) is 5.16 Å². The van der Waals surface area contributed by atoms with E-state index in [2.05, 4.69) is 27.8 Å². The van der Waals surface area contributed by atoms with Crippen LogP contribution in [0.5, 0.6) is 0 Å². The van der Waals surface area contributed by atoms with Crippen molar-refractivity contribution >= 4 is 34.1 Å². The van der Waals surface area contributed by atoms with Gasteiger partial charge in [-0.1, -0.05) is 54.2 Å². The van der Waals surface area contributed by atoms with E-state index in [1.165, 1.54) is 17.3 Å². The van der Waals surface area contributed by atoms with E-state index < -0.39 is 0 Å². The van der Waals surface area contributed by atoms with Crippen molar-refractivity contribution in [2.24, 2.45) is 0 Å². The number of benzene rings is 3. The number of carbonyl (C=O) groups is 1. The molecule has 0 bridgehead atoms. The van der Waals surface area contributed by atoms with E-state index in [1.807, 2.05) is 67.6 Å². The summed E-state index contributed by atoms with van der Waals surface area (Å²) in [7, 11) is 0. The number of tetrazole rings is 1. The number of hydrogen-bond acceptors (Lipinski definition) is 5. The zero-order valence-corrected chi connectivity index (χ0v) is 16.4. The standard InChI is InChI=1S/C21H19N5OS/c1-14-10-11-17(12-15(14)2)26-21(23-24-25-26)28-13-20(27)22-19-9-5-7-16-6-3-4-8-18(16)19/h3-12H,13H2,1-2H3,(H,22,27). The molecule has 0 spiro atoms. The van der Waals surface area contributed by atoms with E-state index in [-0.39, 0.29) is 11.7 Å². The highest BCUT2D eigenvalue weighted by Crippen LogP contribution is 2.24. The summed E-state index contributed by atoms with van der Waals surface area (Å²) in [5.41, 5.74) is 4.06. The van der Waals surface area contributed by atoms with Crippen LogP contribution in [0.3, 0.4) is 0 Å². The second kappa shape index (κ2) is 7.82. The zero-order valence-electron chi connectivity index (χ0n) is 15.6. The van der Waals surface area contributed by atoms with E-state index >= 15 is 0 Å². The third kappa shape index (κ3) is 3.75. The number of thioether (sulfide) groups is 1. The predicted molar refractivity (Wildman–Crippen MR) is 112 cm³/mol. The van der Waals surface area contributed by atoms with Crippen molar-refractivity contribution in [3.8, 4) is 5.69 Å². The number of nitrogens with one attached hydrogen (secondary N) is 1. The van der Waals surface area contributed by atoms with Crippen LogP contribution in [0, 0.1) is 13.8 Å². The Morgan fingerprint density at radius 2 is 1.86 bits per heavy atom. The molecule has 6 nitrogen and oxygen atoms in total. The molecule has 1 N–H and O–H groups in total. The number of rotatable bonds is 5. The predicted octanol–water partition coefficient (Wildman–Crippen LogP) is 4.16. The Morgan fingerprint density at radius 1 is 1.04 bits per heavy atom. The van der Waals surface area contributed by atoms with Gasteiger partial charge in [0.25, 0.3) is 0 Å². The molecule has 7 heteroatoms. The number of anilines is 1. The lowest BCUT2D eigenvalue weighted by atomic mass is 10.1. The fourth-order valence-corrected chi connectivity index (χ4v) is 3.63. The van der Waals surface area contributed by atoms with Crippen LogP contribution >= 0.6 is 11.8 Å². The minimum Gasteiger partial charge on any atom is -0.325 e. The molecule has 4 aromatic rings. The van der Waals surface area contributed by atoms with Crippen molar-refractivity contribution in [2.75, 3.05) is 11.1 Å². The number of carbonyl (C=O) groups excluding carboxylic acids is 1. The summed E-state index contributed by atoms with van der Waals surface area (Å²) in [6.07, 6.45) is 0. The number of hydrogen-bond donors (Lipinski definition) is 1. The Hall–Kier alpha value is -3.19. The monoisotopic (exact) mass is 389 g/mol. The van der Waals surface area contributed by atoms with E-state index in [0.717, 1.165) is 27.7 Å². The fraction of sp³-hybridized carbons (Fsp3) is 0.143. The molecule has 0 saturated carbocycles. The molecule has 3 aromatic carbocycles. The highest BCUT2D eigenvalue weighted by Gasteiger charge is 2.13. The van der Waals surface area contributed by atoms with Crippen LogP contribution < -0.4 is 5.32 Å². The molecule has 0 aliphatic heterocycles. The topological polar surface area (TPSA) is 72.7 Å². The molecule has 0 unspecified atom stereocenters. The average molecular weight is 389 g/mol. The molecule has 1 aromatic heterocycles. The summed E-state index contributed by atoms with van der Waals surface area (Å²) in [6, 6.07) is 19.9. The normalized spacial score (nSPS) is 10.9. The first-order chi connectivity index (χ1) is 13.6. The summed E-state index contributed by atoms with van der Waals surface area (Å²) in [6.45, 7) is 4.11. The van der Waals surface area contributed by atoms with Gasteiger partial charge in [-0.05, 0) is 59.0 Å². The number of fused-ring (bicyclic) bond motifs is 1. The smallest absolute Gasteiger partial charge is 0.234 e. The van der Waals surface area contributed by atoms with E-state index in [4.69, 9.17) is 0 Å². The fourth-order valence-electron chi connectivity index (χ4n) is 2.94. The zero-order chi connectivity index (χ0) is 19.5. The van der Waals surface area contributed by atoms with Gasteiger partial charge in [0.2, 0.25) is 11.1 Å². The summed E-state index contributed by atoms with van der Waals surface area (Å²) in [5, 5.41) is 17.6. The van der Waals surface area contributed by atoms with Gasteiger partial charge in [-0.2, -0.15) is 4.68 Å². The highest BCUT2D eigenvalue weighted by molar-refractivity contribution is 7.99. The largest absolute Gasteiger partial charge is 0.325 e. The molecule has 140 valence electrons.